The second-order valence-corrected chi connectivity index (χ2v) is 11.4. The Bertz CT molecular complexity index is 1180. The standard InChI is InChI=1S/C25H25BrN2O2S/c26-22-10-6-11-23(13-22)31(29,30)28-16-20-9-4-5-12-24(20)25-18-27(15-21(25)17-28)14-19-7-2-1-3-8-19/h1-13,21,25H,14-18H2. The number of nitrogens with zero attached hydrogens (tertiary/aromatic N) is 2. The van der Waals surface area contributed by atoms with Gasteiger partial charge in [0.1, 0.15) is 0 Å². The van der Waals surface area contributed by atoms with Gasteiger partial charge in [-0.1, -0.05) is 76.6 Å². The third kappa shape index (κ3) is 4.22. The van der Waals surface area contributed by atoms with Crippen LogP contribution in [0.2, 0.25) is 0 Å². The zero-order valence-electron chi connectivity index (χ0n) is 17.2. The molecule has 0 bridgehead atoms. The fourth-order valence-corrected chi connectivity index (χ4v) is 7.06. The molecule has 1 saturated heterocycles. The van der Waals surface area contributed by atoms with E-state index in [0.717, 1.165) is 29.7 Å². The van der Waals surface area contributed by atoms with Crippen LogP contribution in [-0.4, -0.2) is 37.3 Å². The molecule has 0 N–H and O–H groups in total. The number of hydrogen-bond donors (Lipinski definition) is 0. The third-order valence-electron chi connectivity index (χ3n) is 6.44. The van der Waals surface area contributed by atoms with Gasteiger partial charge < -0.3 is 0 Å². The van der Waals surface area contributed by atoms with Crippen LogP contribution in [0.4, 0.5) is 0 Å². The summed E-state index contributed by atoms with van der Waals surface area (Å²) in [6.45, 7) is 3.73. The molecule has 3 aromatic rings. The summed E-state index contributed by atoms with van der Waals surface area (Å²) in [7, 11) is -3.58. The van der Waals surface area contributed by atoms with Crippen molar-refractivity contribution in [2.75, 3.05) is 19.6 Å². The third-order valence-corrected chi connectivity index (χ3v) is 8.74. The molecule has 2 aliphatic heterocycles. The summed E-state index contributed by atoms with van der Waals surface area (Å²) in [5.41, 5.74) is 3.72. The van der Waals surface area contributed by atoms with Crippen molar-refractivity contribution in [2.24, 2.45) is 5.92 Å². The van der Waals surface area contributed by atoms with Crippen LogP contribution in [0.25, 0.3) is 0 Å². The molecule has 0 aromatic heterocycles. The maximum Gasteiger partial charge on any atom is 0.243 e. The smallest absolute Gasteiger partial charge is 0.243 e. The Morgan fingerprint density at radius 3 is 2.45 bits per heavy atom. The van der Waals surface area contributed by atoms with Gasteiger partial charge in [0.25, 0.3) is 0 Å². The number of halogens is 1. The van der Waals surface area contributed by atoms with E-state index in [0.29, 0.717) is 23.9 Å². The van der Waals surface area contributed by atoms with Crippen LogP contribution in [-0.2, 0) is 23.1 Å². The number of likely N-dealkylation sites (tertiary alicyclic amines) is 1. The van der Waals surface area contributed by atoms with Crippen LogP contribution < -0.4 is 0 Å². The Balaban J connectivity index is 1.47. The van der Waals surface area contributed by atoms with E-state index in [1.807, 2.05) is 18.2 Å². The van der Waals surface area contributed by atoms with Crippen molar-refractivity contribution in [1.29, 1.82) is 0 Å². The fourth-order valence-electron chi connectivity index (χ4n) is 4.98. The minimum atomic E-state index is -3.58. The number of hydrogen-bond acceptors (Lipinski definition) is 3. The van der Waals surface area contributed by atoms with E-state index in [1.165, 1.54) is 11.1 Å². The van der Waals surface area contributed by atoms with Crippen molar-refractivity contribution in [3.8, 4) is 0 Å². The zero-order chi connectivity index (χ0) is 21.4. The highest BCUT2D eigenvalue weighted by atomic mass is 79.9. The molecular weight excluding hydrogens is 472 g/mol. The quantitative estimate of drug-likeness (QED) is 0.517. The second-order valence-electron chi connectivity index (χ2n) is 8.50. The minimum absolute atomic E-state index is 0.272. The number of fused-ring (bicyclic) bond motifs is 3. The lowest BCUT2D eigenvalue weighted by atomic mass is 9.87. The lowest BCUT2D eigenvalue weighted by Gasteiger charge is -2.24. The van der Waals surface area contributed by atoms with Crippen molar-refractivity contribution in [2.45, 2.75) is 23.9 Å². The molecule has 6 heteroatoms. The monoisotopic (exact) mass is 496 g/mol. The van der Waals surface area contributed by atoms with Crippen LogP contribution in [0.1, 0.15) is 22.6 Å². The van der Waals surface area contributed by atoms with Gasteiger partial charge in [-0.25, -0.2) is 8.42 Å². The topological polar surface area (TPSA) is 40.6 Å². The van der Waals surface area contributed by atoms with E-state index in [9.17, 15) is 8.42 Å². The van der Waals surface area contributed by atoms with E-state index in [-0.39, 0.29) is 5.92 Å². The van der Waals surface area contributed by atoms with E-state index in [4.69, 9.17) is 0 Å². The summed E-state index contributed by atoms with van der Waals surface area (Å²) in [6.07, 6.45) is 0. The van der Waals surface area contributed by atoms with Crippen LogP contribution in [0.5, 0.6) is 0 Å². The molecular formula is C25H25BrN2O2S. The molecule has 5 rings (SSSR count). The first-order valence-electron chi connectivity index (χ1n) is 10.6. The molecule has 0 saturated carbocycles. The van der Waals surface area contributed by atoms with E-state index in [2.05, 4.69) is 63.3 Å². The van der Waals surface area contributed by atoms with Crippen molar-refractivity contribution >= 4 is 26.0 Å². The van der Waals surface area contributed by atoms with Gasteiger partial charge in [-0.3, -0.25) is 4.90 Å². The lowest BCUT2D eigenvalue weighted by molar-refractivity contribution is 0.293. The summed E-state index contributed by atoms with van der Waals surface area (Å²) >= 11 is 3.41. The largest absolute Gasteiger partial charge is 0.298 e. The highest BCUT2D eigenvalue weighted by Crippen LogP contribution is 2.40. The highest BCUT2D eigenvalue weighted by Gasteiger charge is 2.41. The Hall–Kier alpha value is -1.99. The first-order chi connectivity index (χ1) is 15.0. The van der Waals surface area contributed by atoms with Crippen molar-refractivity contribution in [3.05, 3.63) is 100 Å². The predicted octanol–water partition coefficient (Wildman–Crippen LogP) is 4.87. The average Bonchev–Trinajstić information content (AvgIpc) is 3.09. The van der Waals surface area contributed by atoms with Gasteiger partial charge in [-0.15, -0.1) is 0 Å². The first-order valence-corrected chi connectivity index (χ1v) is 12.8. The van der Waals surface area contributed by atoms with Crippen LogP contribution in [0, 0.1) is 5.92 Å². The van der Waals surface area contributed by atoms with Gasteiger partial charge in [0.15, 0.2) is 0 Å². The molecule has 0 amide bonds. The minimum Gasteiger partial charge on any atom is -0.298 e. The highest BCUT2D eigenvalue weighted by molar-refractivity contribution is 9.10. The molecule has 4 nitrogen and oxygen atoms in total. The van der Waals surface area contributed by atoms with Crippen molar-refractivity contribution < 1.29 is 8.42 Å². The maximum atomic E-state index is 13.6. The molecule has 0 aliphatic carbocycles. The van der Waals surface area contributed by atoms with Crippen LogP contribution >= 0.6 is 15.9 Å². The lowest BCUT2D eigenvalue weighted by Crippen LogP contribution is -2.35. The molecule has 0 radical (unpaired) electrons. The van der Waals surface area contributed by atoms with Gasteiger partial charge in [0.05, 0.1) is 4.90 Å². The number of rotatable bonds is 4. The van der Waals surface area contributed by atoms with Gasteiger partial charge in [-0.05, 0) is 40.8 Å². The molecule has 3 aromatic carbocycles. The Labute approximate surface area is 192 Å². The molecule has 31 heavy (non-hydrogen) atoms. The summed E-state index contributed by atoms with van der Waals surface area (Å²) in [5.74, 6) is 0.622. The average molecular weight is 497 g/mol. The Morgan fingerprint density at radius 2 is 1.65 bits per heavy atom. The summed E-state index contributed by atoms with van der Waals surface area (Å²) in [5, 5.41) is 0. The van der Waals surface area contributed by atoms with Crippen molar-refractivity contribution in [1.82, 2.24) is 9.21 Å². The van der Waals surface area contributed by atoms with E-state index >= 15 is 0 Å². The normalized spacial score (nSPS) is 22.0. The van der Waals surface area contributed by atoms with E-state index in [1.54, 1.807) is 22.5 Å². The molecule has 1 fully saturated rings. The van der Waals surface area contributed by atoms with Gasteiger partial charge in [-0.2, -0.15) is 4.31 Å². The predicted molar refractivity (Wildman–Crippen MR) is 126 cm³/mol. The first kappa shape index (κ1) is 20.9. The summed E-state index contributed by atoms with van der Waals surface area (Å²) in [4.78, 5) is 2.81. The van der Waals surface area contributed by atoms with Gasteiger partial charge in [0.2, 0.25) is 10.0 Å². The summed E-state index contributed by atoms with van der Waals surface area (Å²) < 4.78 is 29.6. The molecule has 2 aliphatic rings. The van der Waals surface area contributed by atoms with Crippen molar-refractivity contribution in [3.63, 3.8) is 0 Å². The second kappa shape index (κ2) is 8.51. The molecule has 0 spiro atoms. The molecule has 160 valence electrons. The zero-order valence-corrected chi connectivity index (χ0v) is 19.6. The molecule has 2 atom stereocenters. The Morgan fingerprint density at radius 1 is 0.871 bits per heavy atom. The van der Waals surface area contributed by atoms with Crippen LogP contribution in [0.3, 0.4) is 0 Å². The van der Waals surface area contributed by atoms with Crippen LogP contribution in [0.15, 0.2) is 88.2 Å². The van der Waals surface area contributed by atoms with Gasteiger partial charge >= 0.3 is 0 Å². The molecule has 2 unspecified atom stereocenters. The number of sulfonamides is 1. The van der Waals surface area contributed by atoms with E-state index < -0.39 is 10.0 Å². The Kier molecular flexibility index (Phi) is 5.73. The van der Waals surface area contributed by atoms with Gasteiger partial charge in [0, 0.05) is 43.1 Å². The SMILES string of the molecule is O=S(=O)(c1cccc(Br)c1)N1Cc2ccccc2C2CN(Cc3ccccc3)CC2C1. The summed E-state index contributed by atoms with van der Waals surface area (Å²) in [6, 6.07) is 25.9. The molecule has 2 heterocycles. The fraction of sp³-hybridized carbons (Fsp3) is 0.280. The number of benzene rings is 3. The maximum absolute atomic E-state index is 13.6.